The Bertz CT molecular complexity index is 190. The Morgan fingerprint density at radius 1 is 0.778 bits per heavy atom. The van der Waals surface area contributed by atoms with Gasteiger partial charge in [-0.3, -0.25) is 4.79 Å². The summed E-state index contributed by atoms with van der Waals surface area (Å²) >= 11 is 0. The second kappa shape index (κ2) is 12.9. The summed E-state index contributed by atoms with van der Waals surface area (Å²) in [5, 5.41) is 0. The van der Waals surface area contributed by atoms with Crippen molar-refractivity contribution in [2.45, 2.75) is 90.9 Å². The molecule has 18 heavy (non-hydrogen) atoms. The third-order valence-electron chi connectivity index (χ3n) is 3.45. The SMILES string of the molecule is CC(C)CCCCCCCCCCCCC(N)=O. The molecule has 2 nitrogen and oxygen atoms in total. The summed E-state index contributed by atoms with van der Waals surface area (Å²) in [6, 6.07) is 0. The van der Waals surface area contributed by atoms with Crippen LogP contribution in [0, 0.1) is 5.92 Å². The first-order chi connectivity index (χ1) is 8.63. The molecule has 0 rings (SSSR count). The van der Waals surface area contributed by atoms with Gasteiger partial charge in [0.1, 0.15) is 0 Å². The van der Waals surface area contributed by atoms with Gasteiger partial charge in [-0.25, -0.2) is 0 Å². The Labute approximate surface area is 114 Å². The van der Waals surface area contributed by atoms with Gasteiger partial charge in [0.15, 0.2) is 0 Å². The molecule has 2 N–H and O–H groups in total. The molecule has 0 saturated carbocycles. The number of nitrogens with two attached hydrogens (primary N) is 1. The van der Waals surface area contributed by atoms with Crippen LogP contribution in [0.1, 0.15) is 90.9 Å². The fraction of sp³-hybridized carbons (Fsp3) is 0.938. The predicted octanol–water partition coefficient (Wildman–Crippen LogP) is 4.81. The van der Waals surface area contributed by atoms with Crippen molar-refractivity contribution in [3.63, 3.8) is 0 Å². The minimum atomic E-state index is -0.156. The van der Waals surface area contributed by atoms with E-state index >= 15 is 0 Å². The van der Waals surface area contributed by atoms with Gasteiger partial charge < -0.3 is 5.73 Å². The molecule has 0 radical (unpaired) electrons. The van der Waals surface area contributed by atoms with Crippen LogP contribution in [0.3, 0.4) is 0 Å². The van der Waals surface area contributed by atoms with Crippen molar-refractivity contribution in [3.8, 4) is 0 Å². The third kappa shape index (κ3) is 15.5. The average molecular weight is 255 g/mol. The van der Waals surface area contributed by atoms with E-state index in [0.29, 0.717) is 6.42 Å². The largest absolute Gasteiger partial charge is 0.370 e. The fourth-order valence-electron chi connectivity index (χ4n) is 2.27. The maximum atomic E-state index is 10.5. The van der Waals surface area contributed by atoms with Crippen molar-refractivity contribution in [1.82, 2.24) is 0 Å². The zero-order valence-corrected chi connectivity index (χ0v) is 12.5. The summed E-state index contributed by atoms with van der Waals surface area (Å²) in [5.74, 6) is 0.710. The molecule has 108 valence electrons. The number of rotatable bonds is 13. The lowest BCUT2D eigenvalue weighted by Crippen LogP contribution is -2.09. The molecule has 1 amide bonds. The van der Waals surface area contributed by atoms with Crippen molar-refractivity contribution in [3.05, 3.63) is 0 Å². The lowest BCUT2D eigenvalue weighted by molar-refractivity contribution is -0.118. The number of unbranched alkanes of at least 4 members (excludes halogenated alkanes) is 9. The Kier molecular flexibility index (Phi) is 12.5. The minimum Gasteiger partial charge on any atom is -0.370 e. The summed E-state index contributed by atoms with van der Waals surface area (Å²) in [7, 11) is 0. The molecule has 0 aromatic carbocycles. The molecule has 0 unspecified atom stereocenters. The first-order valence-electron chi connectivity index (χ1n) is 7.91. The van der Waals surface area contributed by atoms with Crippen molar-refractivity contribution in [2.75, 3.05) is 0 Å². The summed E-state index contributed by atoms with van der Waals surface area (Å²) in [6.45, 7) is 4.61. The molecule has 0 aliphatic carbocycles. The minimum absolute atomic E-state index is 0.156. The topological polar surface area (TPSA) is 43.1 Å². The number of carbonyl (C=O) groups is 1. The lowest BCUT2D eigenvalue weighted by atomic mass is 10.0. The van der Waals surface area contributed by atoms with E-state index < -0.39 is 0 Å². The van der Waals surface area contributed by atoms with Crippen molar-refractivity contribution >= 4 is 5.91 Å². The first-order valence-corrected chi connectivity index (χ1v) is 7.91. The number of hydrogen-bond acceptors (Lipinski definition) is 1. The van der Waals surface area contributed by atoms with Crippen LogP contribution in [-0.2, 0) is 4.79 Å². The van der Waals surface area contributed by atoms with Crippen LogP contribution < -0.4 is 5.73 Å². The van der Waals surface area contributed by atoms with Crippen LogP contribution in [-0.4, -0.2) is 5.91 Å². The van der Waals surface area contributed by atoms with E-state index in [-0.39, 0.29) is 5.91 Å². The average Bonchev–Trinajstić information content (AvgIpc) is 2.29. The molecule has 0 aromatic rings. The van der Waals surface area contributed by atoms with E-state index in [0.717, 1.165) is 18.8 Å². The summed E-state index contributed by atoms with van der Waals surface area (Å²) < 4.78 is 0. The maximum absolute atomic E-state index is 10.5. The number of hydrogen-bond donors (Lipinski definition) is 1. The highest BCUT2D eigenvalue weighted by atomic mass is 16.1. The molecule has 0 aliphatic rings. The molecule has 0 aromatic heterocycles. The van der Waals surface area contributed by atoms with Crippen LogP contribution in [0.25, 0.3) is 0 Å². The Morgan fingerprint density at radius 3 is 1.56 bits per heavy atom. The first kappa shape index (κ1) is 17.5. The fourth-order valence-corrected chi connectivity index (χ4v) is 2.27. The van der Waals surface area contributed by atoms with Gasteiger partial charge >= 0.3 is 0 Å². The zero-order valence-electron chi connectivity index (χ0n) is 12.5. The van der Waals surface area contributed by atoms with Gasteiger partial charge in [0, 0.05) is 6.42 Å². The van der Waals surface area contributed by atoms with Gasteiger partial charge in [-0.05, 0) is 12.3 Å². The Balaban J connectivity index is 2.97. The summed E-state index contributed by atoms with van der Waals surface area (Å²) in [6.07, 6.45) is 15.1. The molecule has 0 heterocycles. The number of primary amides is 1. The van der Waals surface area contributed by atoms with Crippen LogP contribution in [0.15, 0.2) is 0 Å². The standard InChI is InChI=1S/C16H33NO/c1-15(2)13-11-9-7-5-3-4-6-8-10-12-14-16(17)18/h15H,3-14H2,1-2H3,(H2,17,18). The van der Waals surface area contributed by atoms with Gasteiger partial charge in [0.05, 0.1) is 0 Å². The van der Waals surface area contributed by atoms with Gasteiger partial charge in [-0.1, -0.05) is 78.1 Å². The van der Waals surface area contributed by atoms with Gasteiger partial charge in [0.25, 0.3) is 0 Å². The smallest absolute Gasteiger partial charge is 0.217 e. The van der Waals surface area contributed by atoms with Gasteiger partial charge in [-0.2, -0.15) is 0 Å². The van der Waals surface area contributed by atoms with Crippen molar-refractivity contribution < 1.29 is 4.79 Å². The number of carbonyl (C=O) groups excluding carboxylic acids is 1. The second-order valence-corrected chi connectivity index (χ2v) is 5.93. The molecule has 0 spiro atoms. The predicted molar refractivity (Wildman–Crippen MR) is 79.4 cm³/mol. The van der Waals surface area contributed by atoms with E-state index in [9.17, 15) is 4.79 Å². The highest BCUT2D eigenvalue weighted by Crippen LogP contribution is 2.13. The van der Waals surface area contributed by atoms with Crippen LogP contribution >= 0.6 is 0 Å². The molecule has 0 aliphatic heterocycles. The van der Waals surface area contributed by atoms with Crippen LogP contribution in [0.4, 0.5) is 0 Å². The van der Waals surface area contributed by atoms with E-state index in [1.54, 1.807) is 0 Å². The van der Waals surface area contributed by atoms with Crippen LogP contribution in [0.2, 0.25) is 0 Å². The monoisotopic (exact) mass is 255 g/mol. The van der Waals surface area contributed by atoms with E-state index in [4.69, 9.17) is 5.73 Å². The highest BCUT2D eigenvalue weighted by Gasteiger charge is 1.96. The van der Waals surface area contributed by atoms with E-state index in [1.165, 1.54) is 57.8 Å². The van der Waals surface area contributed by atoms with Gasteiger partial charge in [0.2, 0.25) is 5.91 Å². The summed E-state index contributed by atoms with van der Waals surface area (Å²) in [5.41, 5.74) is 5.09. The highest BCUT2D eigenvalue weighted by molar-refractivity contribution is 5.73. The zero-order chi connectivity index (χ0) is 13.6. The third-order valence-corrected chi connectivity index (χ3v) is 3.45. The lowest BCUT2D eigenvalue weighted by Gasteiger charge is -2.04. The van der Waals surface area contributed by atoms with E-state index in [1.807, 2.05) is 0 Å². The van der Waals surface area contributed by atoms with Crippen molar-refractivity contribution in [2.24, 2.45) is 11.7 Å². The normalized spacial score (nSPS) is 11.1. The number of amides is 1. The van der Waals surface area contributed by atoms with Crippen molar-refractivity contribution in [1.29, 1.82) is 0 Å². The molecular formula is C16H33NO. The molecule has 0 saturated heterocycles. The van der Waals surface area contributed by atoms with E-state index in [2.05, 4.69) is 13.8 Å². The maximum Gasteiger partial charge on any atom is 0.217 e. The van der Waals surface area contributed by atoms with Gasteiger partial charge in [-0.15, -0.1) is 0 Å². The molecule has 0 atom stereocenters. The quantitative estimate of drug-likeness (QED) is 0.472. The molecule has 0 bridgehead atoms. The molecule has 2 heteroatoms. The van der Waals surface area contributed by atoms with Crippen LogP contribution in [0.5, 0.6) is 0 Å². The Hall–Kier alpha value is -0.530. The molecular weight excluding hydrogens is 222 g/mol. The second-order valence-electron chi connectivity index (χ2n) is 5.93. The Morgan fingerprint density at radius 2 is 1.17 bits per heavy atom. The molecule has 0 fully saturated rings. The summed E-state index contributed by atoms with van der Waals surface area (Å²) in [4.78, 5) is 10.5.